The van der Waals surface area contributed by atoms with E-state index >= 15 is 0 Å². The minimum Gasteiger partial charge on any atom is -0.468 e. The van der Waals surface area contributed by atoms with Gasteiger partial charge in [0.2, 0.25) is 0 Å². The van der Waals surface area contributed by atoms with Crippen LogP contribution in [0, 0.1) is 5.92 Å². The van der Waals surface area contributed by atoms with Crippen LogP contribution in [0.5, 0.6) is 0 Å². The Bertz CT molecular complexity index is 321. The molecule has 2 saturated heterocycles. The molecule has 6 heteroatoms. The molecule has 17 heavy (non-hydrogen) atoms. The van der Waals surface area contributed by atoms with Crippen LogP contribution in [0.15, 0.2) is 0 Å². The zero-order valence-electron chi connectivity index (χ0n) is 10.3. The van der Waals surface area contributed by atoms with E-state index in [1.165, 1.54) is 12.0 Å². The summed E-state index contributed by atoms with van der Waals surface area (Å²) in [6.45, 7) is 2.74. The molecule has 0 aromatic rings. The number of carbonyl (C=O) groups is 2. The summed E-state index contributed by atoms with van der Waals surface area (Å²) in [4.78, 5) is 26.6. The van der Waals surface area contributed by atoms with E-state index in [1.807, 2.05) is 0 Å². The van der Waals surface area contributed by atoms with Crippen molar-refractivity contribution >= 4 is 12.0 Å². The van der Waals surface area contributed by atoms with Gasteiger partial charge in [0.15, 0.2) is 0 Å². The first-order valence-corrected chi connectivity index (χ1v) is 5.91. The van der Waals surface area contributed by atoms with Gasteiger partial charge >= 0.3 is 12.0 Å². The summed E-state index contributed by atoms with van der Waals surface area (Å²) in [6, 6.07) is 0.00654. The molecule has 0 aliphatic carbocycles. The zero-order chi connectivity index (χ0) is 12.4. The Morgan fingerprint density at radius 2 is 2.29 bits per heavy atom. The summed E-state index contributed by atoms with van der Waals surface area (Å²) in [6.07, 6.45) is 1.10. The van der Waals surface area contributed by atoms with E-state index in [2.05, 4.69) is 22.0 Å². The Kier molecular flexibility index (Phi) is 3.51. The molecule has 2 rings (SSSR count). The molecule has 2 atom stereocenters. The summed E-state index contributed by atoms with van der Waals surface area (Å²) in [5, 5.41) is 2.95. The van der Waals surface area contributed by atoms with Crippen molar-refractivity contribution in [1.29, 1.82) is 0 Å². The normalized spacial score (nSPS) is 29.5. The van der Waals surface area contributed by atoms with Crippen LogP contribution in [0.1, 0.15) is 6.42 Å². The summed E-state index contributed by atoms with van der Waals surface area (Å²) >= 11 is 0. The van der Waals surface area contributed by atoms with Gasteiger partial charge < -0.3 is 19.9 Å². The Balaban J connectivity index is 1.88. The van der Waals surface area contributed by atoms with E-state index in [0.717, 1.165) is 19.5 Å². The third kappa shape index (κ3) is 2.69. The van der Waals surface area contributed by atoms with Crippen LogP contribution < -0.4 is 5.32 Å². The fourth-order valence-electron chi connectivity index (χ4n) is 2.54. The third-order valence-corrected chi connectivity index (χ3v) is 3.56. The summed E-state index contributed by atoms with van der Waals surface area (Å²) < 4.78 is 4.57. The monoisotopic (exact) mass is 241 g/mol. The summed E-state index contributed by atoms with van der Waals surface area (Å²) in [5.74, 6) is 0.121. The average molecular weight is 241 g/mol. The summed E-state index contributed by atoms with van der Waals surface area (Å²) in [5.41, 5.74) is 0. The molecule has 96 valence electrons. The lowest BCUT2D eigenvalue weighted by atomic mass is 10.00. The molecular formula is C11H19N3O3. The molecule has 2 fully saturated rings. The number of nitrogens with zero attached hydrogens (tertiary/aromatic N) is 2. The molecule has 0 saturated carbocycles. The summed E-state index contributed by atoms with van der Waals surface area (Å²) in [7, 11) is 3.42. The van der Waals surface area contributed by atoms with E-state index in [0.29, 0.717) is 12.5 Å². The first-order valence-electron chi connectivity index (χ1n) is 5.91. The molecule has 0 aromatic heterocycles. The highest BCUT2D eigenvalue weighted by atomic mass is 16.5. The number of hydrogen-bond donors (Lipinski definition) is 1. The van der Waals surface area contributed by atoms with Gasteiger partial charge in [0.25, 0.3) is 0 Å². The van der Waals surface area contributed by atoms with E-state index in [-0.39, 0.29) is 24.6 Å². The number of carbonyl (C=O) groups excluding carboxylic acids is 2. The van der Waals surface area contributed by atoms with E-state index < -0.39 is 0 Å². The Hall–Kier alpha value is -1.30. The van der Waals surface area contributed by atoms with Crippen LogP contribution in [-0.2, 0) is 9.53 Å². The zero-order valence-corrected chi connectivity index (χ0v) is 10.3. The van der Waals surface area contributed by atoms with Gasteiger partial charge in [-0.2, -0.15) is 0 Å². The minimum absolute atomic E-state index is 0.0430. The van der Waals surface area contributed by atoms with Crippen molar-refractivity contribution in [3.05, 3.63) is 0 Å². The molecule has 2 unspecified atom stereocenters. The van der Waals surface area contributed by atoms with Gasteiger partial charge in [-0.3, -0.25) is 4.79 Å². The van der Waals surface area contributed by atoms with Crippen molar-refractivity contribution in [1.82, 2.24) is 15.1 Å². The third-order valence-electron chi connectivity index (χ3n) is 3.56. The van der Waals surface area contributed by atoms with Gasteiger partial charge in [0, 0.05) is 13.1 Å². The standard InChI is InChI=1S/C11H19N3O3/c1-13-4-3-8(5-13)9-6-14(11(16)12-9)7-10(15)17-2/h8-9H,3-7H2,1-2H3,(H,12,16). The maximum atomic E-state index is 11.7. The fraction of sp³-hybridized carbons (Fsp3) is 0.818. The van der Waals surface area contributed by atoms with Crippen molar-refractivity contribution < 1.29 is 14.3 Å². The maximum Gasteiger partial charge on any atom is 0.325 e. The van der Waals surface area contributed by atoms with Crippen molar-refractivity contribution in [2.75, 3.05) is 40.3 Å². The van der Waals surface area contributed by atoms with Gasteiger partial charge in [-0.25, -0.2) is 4.79 Å². The molecule has 0 bridgehead atoms. The lowest BCUT2D eigenvalue weighted by Crippen LogP contribution is -2.35. The number of hydrogen-bond acceptors (Lipinski definition) is 4. The molecule has 1 N–H and O–H groups in total. The number of urea groups is 1. The number of amides is 2. The molecule has 2 heterocycles. The highest BCUT2D eigenvalue weighted by Gasteiger charge is 2.37. The molecule has 0 radical (unpaired) electrons. The van der Waals surface area contributed by atoms with E-state index in [4.69, 9.17) is 0 Å². The van der Waals surface area contributed by atoms with Crippen molar-refractivity contribution in [3.63, 3.8) is 0 Å². The van der Waals surface area contributed by atoms with Gasteiger partial charge in [0.1, 0.15) is 6.54 Å². The Morgan fingerprint density at radius 3 is 2.88 bits per heavy atom. The lowest BCUT2D eigenvalue weighted by molar-refractivity contribution is -0.141. The number of likely N-dealkylation sites (tertiary alicyclic amines) is 1. The largest absolute Gasteiger partial charge is 0.468 e. The average Bonchev–Trinajstić information content (AvgIpc) is 2.86. The van der Waals surface area contributed by atoms with Crippen LogP contribution in [0.4, 0.5) is 4.79 Å². The molecule has 0 spiro atoms. The van der Waals surface area contributed by atoms with E-state index in [1.54, 1.807) is 0 Å². The van der Waals surface area contributed by atoms with Crippen molar-refractivity contribution in [2.24, 2.45) is 5.92 Å². The van der Waals surface area contributed by atoms with Gasteiger partial charge in [-0.05, 0) is 25.9 Å². The molecular weight excluding hydrogens is 222 g/mol. The molecule has 2 aliphatic rings. The number of esters is 1. The van der Waals surface area contributed by atoms with Crippen molar-refractivity contribution in [2.45, 2.75) is 12.5 Å². The predicted octanol–water partition coefficient (Wildman–Crippen LogP) is -0.495. The van der Waals surface area contributed by atoms with Crippen LogP contribution in [0.25, 0.3) is 0 Å². The second-order valence-electron chi connectivity index (χ2n) is 4.82. The highest BCUT2D eigenvalue weighted by molar-refractivity contribution is 5.82. The van der Waals surface area contributed by atoms with Crippen LogP contribution >= 0.6 is 0 Å². The predicted molar refractivity (Wildman–Crippen MR) is 61.5 cm³/mol. The molecule has 6 nitrogen and oxygen atoms in total. The quantitative estimate of drug-likeness (QED) is 0.677. The SMILES string of the molecule is COC(=O)CN1CC(C2CCN(C)C2)NC1=O. The Morgan fingerprint density at radius 1 is 1.53 bits per heavy atom. The molecule has 2 amide bonds. The number of rotatable bonds is 3. The first-order chi connectivity index (χ1) is 8.10. The van der Waals surface area contributed by atoms with Gasteiger partial charge in [-0.1, -0.05) is 0 Å². The number of nitrogens with one attached hydrogen (secondary N) is 1. The first kappa shape index (κ1) is 12.2. The minimum atomic E-state index is -0.371. The second kappa shape index (κ2) is 4.91. The molecule has 2 aliphatic heterocycles. The van der Waals surface area contributed by atoms with E-state index in [9.17, 15) is 9.59 Å². The second-order valence-corrected chi connectivity index (χ2v) is 4.82. The van der Waals surface area contributed by atoms with Crippen LogP contribution in [0.2, 0.25) is 0 Å². The van der Waals surface area contributed by atoms with Crippen molar-refractivity contribution in [3.8, 4) is 0 Å². The van der Waals surface area contributed by atoms with Crippen LogP contribution in [-0.4, -0.2) is 68.2 Å². The van der Waals surface area contributed by atoms with Crippen LogP contribution in [0.3, 0.4) is 0 Å². The Labute approximate surface area is 101 Å². The molecule has 0 aromatic carbocycles. The highest BCUT2D eigenvalue weighted by Crippen LogP contribution is 2.22. The topological polar surface area (TPSA) is 61.9 Å². The fourth-order valence-corrected chi connectivity index (χ4v) is 2.54. The van der Waals surface area contributed by atoms with Gasteiger partial charge in [-0.15, -0.1) is 0 Å². The van der Waals surface area contributed by atoms with Gasteiger partial charge in [0.05, 0.1) is 13.2 Å². The smallest absolute Gasteiger partial charge is 0.325 e. The maximum absolute atomic E-state index is 11.7. The number of ether oxygens (including phenoxy) is 1. The number of methoxy groups -OCH3 is 1. The lowest BCUT2D eigenvalue weighted by Gasteiger charge is -2.18.